The number of fused-ring (bicyclic) bond motifs is 1. The summed E-state index contributed by atoms with van der Waals surface area (Å²) >= 11 is 1.68. The maximum Gasteiger partial charge on any atom is 0.349 e. The van der Waals surface area contributed by atoms with E-state index in [0.717, 1.165) is 17.7 Å². The van der Waals surface area contributed by atoms with Crippen LogP contribution in [-0.2, 0) is 12.8 Å². The van der Waals surface area contributed by atoms with Gasteiger partial charge in [0.15, 0.2) is 5.82 Å². The van der Waals surface area contributed by atoms with E-state index in [-0.39, 0.29) is 5.95 Å². The topological polar surface area (TPSA) is 84.7 Å². The molecule has 1 aliphatic carbocycles. The quantitative estimate of drug-likeness (QED) is 0.769. The number of nitrogens with zero attached hydrogens (tertiary/aromatic N) is 2. The standard InChI is InChI=1S/C10H10N4OS/c11-9-12-8(13-10(15)14-9)7-4-5-2-1-3-6(5)16-7/h4H,1-3H2,(H3,11,12,13,14,15). The van der Waals surface area contributed by atoms with Gasteiger partial charge in [0, 0.05) is 4.88 Å². The third-order valence-electron chi connectivity index (χ3n) is 2.65. The average Bonchev–Trinajstić information content (AvgIpc) is 2.74. The fourth-order valence-electron chi connectivity index (χ4n) is 1.96. The predicted octanol–water partition coefficient (Wildman–Crippen LogP) is 0.964. The van der Waals surface area contributed by atoms with E-state index in [1.807, 2.05) is 0 Å². The van der Waals surface area contributed by atoms with E-state index >= 15 is 0 Å². The summed E-state index contributed by atoms with van der Waals surface area (Å²) in [5.41, 5.74) is 6.38. The summed E-state index contributed by atoms with van der Waals surface area (Å²) in [6.45, 7) is 0. The van der Waals surface area contributed by atoms with Crippen molar-refractivity contribution in [2.75, 3.05) is 5.73 Å². The molecule has 0 aliphatic heterocycles. The second-order valence-electron chi connectivity index (χ2n) is 3.77. The van der Waals surface area contributed by atoms with Gasteiger partial charge < -0.3 is 5.73 Å². The van der Waals surface area contributed by atoms with Gasteiger partial charge in [-0.25, -0.2) is 4.79 Å². The molecule has 2 aromatic heterocycles. The first-order chi connectivity index (χ1) is 7.72. The highest BCUT2D eigenvalue weighted by Gasteiger charge is 2.16. The van der Waals surface area contributed by atoms with Crippen LogP contribution in [-0.4, -0.2) is 15.0 Å². The molecule has 0 saturated carbocycles. The number of H-pyrrole nitrogens is 1. The number of thiophene rings is 1. The van der Waals surface area contributed by atoms with E-state index in [0.29, 0.717) is 5.82 Å². The number of aryl methyl sites for hydroxylation is 2. The van der Waals surface area contributed by atoms with Crippen molar-refractivity contribution < 1.29 is 0 Å². The lowest BCUT2D eigenvalue weighted by atomic mass is 10.2. The highest BCUT2D eigenvalue weighted by molar-refractivity contribution is 7.15. The SMILES string of the molecule is Nc1nc(-c2cc3c(s2)CCC3)[nH]c(=O)n1. The van der Waals surface area contributed by atoms with Crippen LogP contribution >= 0.6 is 11.3 Å². The van der Waals surface area contributed by atoms with Gasteiger partial charge in [0.25, 0.3) is 0 Å². The molecule has 6 heteroatoms. The first-order valence-corrected chi connectivity index (χ1v) is 5.90. The van der Waals surface area contributed by atoms with E-state index < -0.39 is 5.69 Å². The summed E-state index contributed by atoms with van der Waals surface area (Å²) in [4.78, 5) is 23.7. The normalized spacial score (nSPS) is 14.0. The van der Waals surface area contributed by atoms with Gasteiger partial charge in [-0.15, -0.1) is 11.3 Å². The zero-order chi connectivity index (χ0) is 11.1. The number of hydrogen-bond donors (Lipinski definition) is 2. The number of nitrogens with two attached hydrogens (primary N) is 1. The number of aromatic nitrogens is 3. The summed E-state index contributed by atoms with van der Waals surface area (Å²) in [5, 5.41) is 0. The van der Waals surface area contributed by atoms with E-state index in [1.54, 1.807) is 11.3 Å². The maximum atomic E-state index is 11.2. The van der Waals surface area contributed by atoms with Crippen molar-refractivity contribution in [1.82, 2.24) is 15.0 Å². The van der Waals surface area contributed by atoms with Crippen molar-refractivity contribution in [1.29, 1.82) is 0 Å². The van der Waals surface area contributed by atoms with Gasteiger partial charge in [0.1, 0.15) is 0 Å². The Hall–Kier alpha value is -1.69. The molecule has 1 aliphatic rings. The lowest BCUT2D eigenvalue weighted by Crippen LogP contribution is -2.15. The highest BCUT2D eigenvalue weighted by atomic mass is 32.1. The second-order valence-corrected chi connectivity index (χ2v) is 4.91. The summed E-state index contributed by atoms with van der Waals surface area (Å²) in [7, 11) is 0. The molecule has 2 aromatic rings. The van der Waals surface area contributed by atoms with Crippen LogP contribution in [0, 0.1) is 0 Å². The molecule has 0 spiro atoms. The zero-order valence-electron chi connectivity index (χ0n) is 8.49. The van der Waals surface area contributed by atoms with Crippen molar-refractivity contribution >= 4 is 17.3 Å². The Kier molecular flexibility index (Phi) is 2.03. The van der Waals surface area contributed by atoms with Crippen LogP contribution in [0.3, 0.4) is 0 Å². The molecule has 3 N–H and O–H groups in total. The summed E-state index contributed by atoms with van der Waals surface area (Å²) in [6.07, 6.45) is 3.48. The number of rotatable bonds is 1. The molecule has 0 unspecified atom stereocenters. The third kappa shape index (κ3) is 1.51. The fourth-order valence-corrected chi connectivity index (χ4v) is 3.16. The monoisotopic (exact) mass is 234 g/mol. The van der Waals surface area contributed by atoms with Gasteiger partial charge in [0.2, 0.25) is 5.95 Å². The van der Waals surface area contributed by atoms with Crippen molar-refractivity contribution in [3.05, 3.63) is 27.0 Å². The molecule has 0 bridgehead atoms. The van der Waals surface area contributed by atoms with Crippen LogP contribution in [0.5, 0.6) is 0 Å². The van der Waals surface area contributed by atoms with E-state index in [2.05, 4.69) is 21.0 Å². The Morgan fingerprint density at radius 2 is 2.25 bits per heavy atom. The Balaban J connectivity index is 2.11. The fraction of sp³-hybridized carbons (Fsp3) is 0.300. The van der Waals surface area contributed by atoms with Gasteiger partial charge in [-0.3, -0.25) is 4.98 Å². The lowest BCUT2D eigenvalue weighted by Gasteiger charge is -1.96. The Bertz CT molecular complexity index is 580. The molecule has 0 amide bonds. The third-order valence-corrected chi connectivity index (χ3v) is 3.89. The Labute approximate surface area is 95.4 Å². The maximum absolute atomic E-state index is 11.2. The van der Waals surface area contributed by atoms with E-state index in [9.17, 15) is 4.79 Å². The van der Waals surface area contributed by atoms with Crippen molar-refractivity contribution in [3.63, 3.8) is 0 Å². The highest BCUT2D eigenvalue weighted by Crippen LogP contribution is 2.34. The summed E-state index contributed by atoms with van der Waals surface area (Å²) < 4.78 is 0. The van der Waals surface area contributed by atoms with Crippen molar-refractivity contribution in [2.24, 2.45) is 0 Å². The number of nitrogens with one attached hydrogen (secondary N) is 1. The number of aromatic amines is 1. The Morgan fingerprint density at radius 3 is 3.00 bits per heavy atom. The van der Waals surface area contributed by atoms with Gasteiger partial charge >= 0.3 is 5.69 Å². The molecule has 0 aromatic carbocycles. The molecule has 2 heterocycles. The zero-order valence-corrected chi connectivity index (χ0v) is 9.30. The van der Waals surface area contributed by atoms with Crippen LogP contribution in [0.4, 0.5) is 5.95 Å². The first kappa shape index (κ1) is 9.53. The smallest absolute Gasteiger partial charge is 0.349 e. The predicted molar refractivity (Wildman–Crippen MR) is 62.4 cm³/mol. The minimum atomic E-state index is -0.448. The minimum absolute atomic E-state index is 0.0207. The van der Waals surface area contributed by atoms with Gasteiger partial charge in [0.05, 0.1) is 4.88 Å². The Morgan fingerprint density at radius 1 is 1.38 bits per heavy atom. The molecular weight excluding hydrogens is 224 g/mol. The minimum Gasteiger partial charge on any atom is -0.368 e. The van der Waals surface area contributed by atoms with E-state index in [4.69, 9.17) is 5.73 Å². The molecule has 0 saturated heterocycles. The number of anilines is 1. The molecule has 16 heavy (non-hydrogen) atoms. The van der Waals surface area contributed by atoms with Gasteiger partial charge in [-0.05, 0) is 30.9 Å². The molecular formula is C10H10N4OS. The van der Waals surface area contributed by atoms with Crippen molar-refractivity contribution in [2.45, 2.75) is 19.3 Å². The van der Waals surface area contributed by atoms with Crippen molar-refractivity contribution in [3.8, 4) is 10.7 Å². The summed E-state index contributed by atoms with van der Waals surface area (Å²) in [6, 6.07) is 2.09. The molecule has 82 valence electrons. The molecule has 0 fully saturated rings. The summed E-state index contributed by atoms with van der Waals surface area (Å²) in [5.74, 6) is 0.546. The van der Waals surface area contributed by atoms with Crippen LogP contribution in [0.1, 0.15) is 16.9 Å². The largest absolute Gasteiger partial charge is 0.368 e. The van der Waals surface area contributed by atoms with Gasteiger partial charge in [-0.2, -0.15) is 9.97 Å². The average molecular weight is 234 g/mol. The number of hydrogen-bond acceptors (Lipinski definition) is 5. The van der Waals surface area contributed by atoms with E-state index in [1.165, 1.54) is 16.9 Å². The lowest BCUT2D eigenvalue weighted by molar-refractivity contribution is 0.914. The van der Waals surface area contributed by atoms with Crippen LogP contribution in [0.15, 0.2) is 10.9 Å². The van der Waals surface area contributed by atoms with Gasteiger partial charge in [-0.1, -0.05) is 0 Å². The molecule has 3 rings (SSSR count). The first-order valence-electron chi connectivity index (χ1n) is 5.08. The molecule has 0 radical (unpaired) electrons. The molecule has 5 nitrogen and oxygen atoms in total. The second kappa shape index (κ2) is 3.41. The number of nitrogen functional groups attached to an aromatic ring is 1. The van der Waals surface area contributed by atoms with Crippen LogP contribution in [0.25, 0.3) is 10.7 Å². The molecule has 0 atom stereocenters. The van der Waals surface area contributed by atoms with Crippen LogP contribution < -0.4 is 11.4 Å². The van der Waals surface area contributed by atoms with Crippen LogP contribution in [0.2, 0.25) is 0 Å².